The summed E-state index contributed by atoms with van der Waals surface area (Å²) in [6, 6.07) is 14.9. The number of carbonyl (C=O) groups is 1. The number of likely N-dealkylation sites (tertiary alicyclic amines) is 1. The topological polar surface area (TPSA) is 74.0 Å². The van der Waals surface area contributed by atoms with Gasteiger partial charge in [-0.2, -0.15) is 0 Å². The van der Waals surface area contributed by atoms with Crippen molar-refractivity contribution in [1.29, 1.82) is 0 Å². The van der Waals surface area contributed by atoms with Crippen molar-refractivity contribution < 1.29 is 19.0 Å². The summed E-state index contributed by atoms with van der Waals surface area (Å²) in [7, 11) is 0. The van der Waals surface area contributed by atoms with Crippen LogP contribution in [0.1, 0.15) is 23.7 Å². The van der Waals surface area contributed by atoms with Crippen LogP contribution in [0, 0.1) is 5.92 Å². The summed E-state index contributed by atoms with van der Waals surface area (Å²) in [5, 5.41) is 0. The highest BCUT2D eigenvalue weighted by molar-refractivity contribution is 5.95. The molecule has 2 aromatic rings. The molecule has 0 bridgehead atoms. The number of benzene rings is 2. The van der Waals surface area contributed by atoms with Gasteiger partial charge in [0.2, 0.25) is 0 Å². The summed E-state index contributed by atoms with van der Waals surface area (Å²) in [5.41, 5.74) is 6.33. The van der Waals surface area contributed by atoms with Crippen LogP contribution in [0.15, 0.2) is 48.5 Å². The van der Waals surface area contributed by atoms with E-state index in [1.165, 1.54) is 0 Å². The molecule has 150 valence electrons. The van der Waals surface area contributed by atoms with Crippen LogP contribution < -0.4 is 19.9 Å². The normalized spacial score (nSPS) is 16.1. The van der Waals surface area contributed by atoms with E-state index < -0.39 is 0 Å². The Bertz CT molecular complexity index is 766. The van der Waals surface area contributed by atoms with Gasteiger partial charge < -0.3 is 24.8 Å². The standard InChI is InChI=1S/C22H28N2O4/c1-2-26-21-14-18(22(25)24-11-10-17(15-23)16-24)8-9-20(21)28-13-12-27-19-6-4-3-5-7-19/h3-9,14,17H,2,10-13,15-16,23H2,1H3. The fourth-order valence-electron chi connectivity index (χ4n) is 3.25. The lowest BCUT2D eigenvalue weighted by molar-refractivity contribution is 0.0787. The van der Waals surface area contributed by atoms with E-state index >= 15 is 0 Å². The molecule has 1 aliphatic heterocycles. The largest absolute Gasteiger partial charge is 0.490 e. The zero-order valence-corrected chi connectivity index (χ0v) is 16.3. The van der Waals surface area contributed by atoms with Crippen molar-refractivity contribution in [2.24, 2.45) is 11.7 Å². The molecule has 1 unspecified atom stereocenters. The van der Waals surface area contributed by atoms with E-state index in [0.717, 1.165) is 18.7 Å². The predicted octanol–water partition coefficient (Wildman–Crippen LogP) is 2.96. The van der Waals surface area contributed by atoms with Gasteiger partial charge in [0.1, 0.15) is 19.0 Å². The van der Waals surface area contributed by atoms with E-state index in [1.54, 1.807) is 18.2 Å². The Kier molecular flexibility index (Phi) is 7.14. The summed E-state index contributed by atoms with van der Waals surface area (Å²) in [6.45, 7) is 5.29. The predicted molar refractivity (Wildman–Crippen MR) is 108 cm³/mol. The van der Waals surface area contributed by atoms with Gasteiger partial charge in [-0.25, -0.2) is 0 Å². The summed E-state index contributed by atoms with van der Waals surface area (Å²) < 4.78 is 17.1. The van der Waals surface area contributed by atoms with Crippen LogP contribution in [0.4, 0.5) is 0 Å². The molecule has 0 aromatic heterocycles. The second-order valence-electron chi connectivity index (χ2n) is 6.75. The Balaban J connectivity index is 1.59. The van der Waals surface area contributed by atoms with E-state index in [4.69, 9.17) is 19.9 Å². The Morgan fingerprint density at radius 3 is 2.57 bits per heavy atom. The monoisotopic (exact) mass is 384 g/mol. The molecule has 1 heterocycles. The molecule has 0 radical (unpaired) electrons. The second-order valence-corrected chi connectivity index (χ2v) is 6.75. The summed E-state index contributed by atoms with van der Waals surface area (Å²) in [4.78, 5) is 14.6. The van der Waals surface area contributed by atoms with Crippen molar-refractivity contribution >= 4 is 5.91 Å². The van der Waals surface area contributed by atoms with E-state index in [1.807, 2.05) is 42.2 Å². The van der Waals surface area contributed by atoms with Gasteiger partial charge in [0.25, 0.3) is 5.91 Å². The molecule has 1 aliphatic rings. The van der Waals surface area contributed by atoms with Crippen LogP contribution in [0.5, 0.6) is 17.2 Å². The van der Waals surface area contributed by atoms with Gasteiger partial charge >= 0.3 is 0 Å². The first kappa shape index (κ1) is 20.0. The second kappa shape index (κ2) is 9.99. The van der Waals surface area contributed by atoms with Gasteiger partial charge in [-0.15, -0.1) is 0 Å². The van der Waals surface area contributed by atoms with Gasteiger partial charge in [0, 0.05) is 18.7 Å². The number of para-hydroxylation sites is 1. The summed E-state index contributed by atoms with van der Waals surface area (Å²) in [6.07, 6.45) is 0.961. The average Bonchev–Trinajstić information content (AvgIpc) is 3.22. The van der Waals surface area contributed by atoms with Crippen LogP contribution in [0.2, 0.25) is 0 Å². The lowest BCUT2D eigenvalue weighted by Crippen LogP contribution is -2.29. The zero-order chi connectivity index (χ0) is 19.8. The maximum Gasteiger partial charge on any atom is 0.254 e. The Hall–Kier alpha value is -2.73. The number of hydrogen-bond acceptors (Lipinski definition) is 5. The first-order chi connectivity index (χ1) is 13.7. The lowest BCUT2D eigenvalue weighted by Gasteiger charge is -2.18. The molecular weight excluding hydrogens is 356 g/mol. The smallest absolute Gasteiger partial charge is 0.254 e. The number of ether oxygens (including phenoxy) is 3. The molecule has 1 atom stereocenters. The fraction of sp³-hybridized carbons (Fsp3) is 0.409. The highest BCUT2D eigenvalue weighted by Gasteiger charge is 2.26. The molecule has 6 nitrogen and oxygen atoms in total. The van der Waals surface area contributed by atoms with Crippen LogP contribution in [-0.2, 0) is 0 Å². The van der Waals surface area contributed by atoms with Gasteiger partial charge in [-0.1, -0.05) is 18.2 Å². The molecule has 1 saturated heterocycles. The third-order valence-electron chi connectivity index (χ3n) is 4.75. The van der Waals surface area contributed by atoms with Gasteiger partial charge in [0.05, 0.1) is 6.61 Å². The maximum atomic E-state index is 12.8. The van der Waals surface area contributed by atoms with Crippen LogP contribution >= 0.6 is 0 Å². The molecule has 1 fully saturated rings. The minimum Gasteiger partial charge on any atom is -0.490 e. The van der Waals surface area contributed by atoms with Crippen molar-refractivity contribution in [2.75, 3.05) is 39.5 Å². The number of nitrogens with zero attached hydrogens (tertiary/aromatic N) is 1. The molecular formula is C22H28N2O4. The van der Waals surface area contributed by atoms with Crippen LogP contribution in [0.3, 0.4) is 0 Å². The Morgan fingerprint density at radius 1 is 1.07 bits per heavy atom. The van der Waals surface area contributed by atoms with E-state index in [9.17, 15) is 4.79 Å². The van der Waals surface area contributed by atoms with Crippen LogP contribution in [0.25, 0.3) is 0 Å². The van der Waals surface area contributed by atoms with Crippen molar-refractivity contribution in [1.82, 2.24) is 4.90 Å². The van der Waals surface area contributed by atoms with Gasteiger partial charge in [-0.05, 0) is 56.1 Å². The maximum absolute atomic E-state index is 12.8. The number of hydrogen-bond donors (Lipinski definition) is 1. The summed E-state index contributed by atoms with van der Waals surface area (Å²) in [5.74, 6) is 2.39. The molecule has 2 aromatic carbocycles. The minimum atomic E-state index is 0.0101. The van der Waals surface area contributed by atoms with Crippen molar-refractivity contribution in [3.8, 4) is 17.2 Å². The van der Waals surface area contributed by atoms with Crippen LogP contribution in [-0.4, -0.2) is 50.3 Å². The van der Waals surface area contributed by atoms with Crippen molar-refractivity contribution in [3.63, 3.8) is 0 Å². The van der Waals surface area contributed by atoms with E-state index in [2.05, 4.69) is 0 Å². The molecule has 1 amide bonds. The zero-order valence-electron chi connectivity index (χ0n) is 16.3. The molecule has 3 rings (SSSR count). The molecule has 6 heteroatoms. The number of carbonyl (C=O) groups excluding carboxylic acids is 1. The highest BCUT2D eigenvalue weighted by atomic mass is 16.5. The number of nitrogens with two attached hydrogens (primary N) is 1. The first-order valence-electron chi connectivity index (χ1n) is 9.78. The Labute approximate surface area is 166 Å². The molecule has 0 saturated carbocycles. The molecule has 0 spiro atoms. The average molecular weight is 384 g/mol. The number of rotatable bonds is 9. The SMILES string of the molecule is CCOc1cc(C(=O)N2CCC(CN)C2)ccc1OCCOc1ccccc1. The first-order valence-corrected chi connectivity index (χ1v) is 9.78. The third kappa shape index (κ3) is 5.16. The molecule has 28 heavy (non-hydrogen) atoms. The molecule has 0 aliphatic carbocycles. The van der Waals surface area contributed by atoms with Crippen molar-refractivity contribution in [2.45, 2.75) is 13.3 Å². The lowest BCUT2D eigenvalue weighted by atomic mass is 10.1. The molecule has 2 N–H and O–H groups in total. The van der Waals surface area contributed by atoms with Gasteiger partial charge in [0.15, 0.2) is 11.5 Å². The van der Waals surface area contributed by atoms with E-state index in [0.29, 0.717) is 55.9 Å². The van der Waals surface area contributed by atoms with Gasteiger partial charge in [-0.3, -0.25) is 4.79 Å². The highest BCUT2D eigenvalue weighted by Crippen LogP contribution is 2.30. The quantitative estimate of drug-likeness (QED) is 0.673. The summed E-state index contributed by atoms with van der Waals surface area (Å²) >= 11 is 0. The van der Waals surface area contributed by atoms with Crippen molar-refractivity contribution in [3.05, 3.63) is 54.1 Å². The minimum absolute atomic E-state index is 0.0101. The third-order valence-corrected chi connectivity index (χ3v) is 4.75. The Morgan fingerprint density at radius 2 is 1.86 bits per heavy atom. The number of amides is 1. The fourth-order valence-corrected chi connectivity index (χ4v) is 3.25. The van der Waals surface area contributed by atoms with E-state index in [-0.39, 0.29) is 5.91 Å².